The topological polar surface area (TPSA) is 51.8 Å². The van der Waals surface area contributed by atoms with E-state index in [2.05, 4.69) is 51.3 Å². The molecule has 0 radical (unpaired) electrons. The molecule has 0 atom stereocenters. The maximum absolute atomic E-state index is 5.15. The standard InChI is InChI=1S/C15H26N2OSi.C2H6O2/c1-3-14-5-7-15(8-6-14)13-17-11-10-16-9-4-12-19-18-2;1-3-4-2/h3,5-8,16-17H,1,4,9-13,19H2,2H3;1-2H3. The van der Waals surface area contributed by atoms with E-state index in [1.54, 1.807) is 0 Å². The molecule has 0 amide bonds. The zero-order valence-electron chi connectivity index (χ0n) is 14.8. The summed E-state index contributed by atoms with van der Waals surface area (Å²) in [7, 11) is 4.50. The minimum absolute atomic E-state index is 0.225. The smallest absolute Gasteiger partial charge is 0.161 e. The van der Waals surface area contributed by atoms with Crippen LogP contribution in [-0.4, -0.2) is 50.7 Å². The van der Waals surface area contributed by atoms with Gasteiger partial charge < -0.3 is 15.1 Å². The highest BCUT2D eigenvalue weighted by atomic mass is 28.2. The Morgan fingerprint density at radius 3 is 2.22 bits per heavy atom. The minimum Gasteiger partial charge on any atom is -0.427 e. The van der Waals surface area contributed by atoms with Crippen molar-refractivity contribution in [1.82, 2.24) is 10.6 Å². The quantitative estimate of drug-likeness (QED) is 0.263. The summed E-state index contributed by atoms with van der Waals surface area (Å²) in [5.41, 5.74) is 2.49. The van der Waals surface area contributed by atoms with Gasteiger partial charge in [0.2, 0.25) is 0 Å². The summed E-state index contributed by atoms with van der Waals surface area (Å²) >= 11 is 0. The molecule has 132 valence electrons. The van der Waals surface area contributed by atoms with Crippen molar-refractivity contribution < 1.29 is 14.2 Å². The minimum atomic E-state index is -0.225. The number of benzene rings is 1. The van der Waals surface area contributed by atoms with Crippen molar-refractivity contribution in [2.24, 2.45) is 0 Å². The van der Waals surface area contributed by atoms with E-state index in [1.165, 1.54) is 37.8 Å². The van der Waals surface area contributed by atoms with Crippen molar-refractivity contribution in [3.63, 3.8) is 0 Å². The van der Waals surface area contributed by atoms with Crippen LogP contribution in [0.4, 0.5) is 0 Å². The molecule has 0 aliphatic rings. The van der Waals surface area contributed by atoms with Gasteiger partial charge in [0.25, 0.3) is 0 Å². The summed E-state index contributed by atoms with van der Waals surface area (Å²) in [5.74, 6) is 0. The monoisotopic (exact) mass is 340 g/mol. The van der Waals surface area contributed by atoms with Crippen molar-refractivity contribution >= 4 is 15.8 Å². The van der Waals surface area contributed by atoms with Crippen molar-refractivity contribution in [3.05, 3.63) is 42.0 Å². The third-order valence-electron chi connectivity index (χ3n) is 3.14. The highest BCUT2D eigenvalue weighted by molar-refractivity contribution is 6.26. The molecular weight excluding hydrogens is 308 g/mol. The normalized spacial score (nSPS) is 10.6. The molecule has 1 rings (SSSR count). The van der Waals surface area contributed by atoms with Crippen LogP contribution in [0.5, 0.6) is 0 Å². The van der Waals surface area contributed by atoms with Crippen molar-refractivity contribution in [1.29, 1.82) is 0 Å². The largest absolute Gasteiger partial charge is 0.427 e. The van der Waals surface area contributed by atoms with Crippen LogP contribution in [-0.2, 0) is 20.7 Å². The summed E-state index contributed by atoms with van der Waals surface area (Å²) in [6.07, 6.45) is 3.11. The first kappa shape index (κ1) is 22.0. The Bertz CT molecular complexity index is 373. The summed E-state index contributed by atoms with van der Waals surface area (Å²) < 4.78 is 5.15. The molecule has 0 aliphatic heterocycles. The van der Waals surface area contributed by atoms with E-state index in [-0.39, 0.29) is 9.76 Å². The molecule has 1 aromatic carbocycles. The molecule has 0 spiro atoms. The van der Waals surface area contributed by atoms with Crippen LogP contribution in [0.3, 0.4) is 0 Å². The van der Waals surface area contributed by atoms with Crippen molar-refractivity contribution in [3.8, 4) is 0 Å². The Morgan fingerprint density at radius 1 is 1.00 bits per heavy atom. The van der Waals surface area contributed by atoms with Gasteiger partial charge in [-0.25, -0.2) is 9.78 Å². The number of nitrogens with one attached hydrogen (secondary N) is 2. The maximum Gasteiger partial charge on any atom is 0.161 e. The lowest BCUT2D eigenvalue weighted by Crippen LogP contribution is -2.27. The average molecular weight is 341 g/mol. The first-order valence-electron chi connectivity index (χ1n) is 7.97. The molecule has 5 nitrogen and oxygen atoms in total. The molecule has 0 heterocycles. The Labute approximate surface area is 143 Å². The molecular formula is C17H32N2O3Si. The number of rotatable bonds is 12. The molecule has 0 unspecified atom stereocenters. The third kappa shape index (κ3) is 14.3. The van der Waals surface area contributed by atoms with Gasteiger partial charge in [-0.15, -0.1) is 0 Å². The van der Waals surface area contributed by atoms with Gasteiger partial charge in [-0.05, 0) is 30.1 Å². The van der Waals surface area contributed by atoms with E-state index in [0.29, 0.717) is 0 Å². The average Bonchev–Trinajstić information content (AvgIpc) is 2.61. The fourth-order valence-electron chi connectivity index (χ4n) is 1.80. The predicted molar refractivity (Wildman–Crippen MR) is 100 cm³/mol. The fraction of sp³-hybridized carbons (Fsp3) is 0.529. The molecule has 6 heteroatoms. The number of hydrogen-bond donors (Lipinski definition) is 2. The van der Waals surface area contributed by atoms with Gasteiger partial charge in [0.05, 0.1) is 14.2 Å². The third-order valence-corrected chi connectivity index (χ3v) is 4.34. The molecule has 0 aliphatic carbocycles. The summed E-state index contributed by atoms with van der Waals surface area (Å²) in [5, 5.41) is 6.88. The van der Waals surface area contributed by atoms with E-state index >= 15 is 0 Å². The second kappa shape index (κ2) is 17.3. The van der Waals surface area contributed by atoms with E-state index in [0.717, 1.165) is 26.2 Å². The Hall–Kier alpha value is -1.02. The Kier molecular flexibility index (Phi) is 16.6. The van der Waals surface area contributed by atoms with Crippen LogP contribution in [0.25, 0.3) is 6.08 Å². The lowest BCUT2D eigenvalue weighted by atomic mass is 10.1. The van der Waals surface area contributed by atoms with Crippen LogP contribution >= 0.6 is 0 Å². The zero-order valence-corrected chi connectivity index (χ0v) is 16.2. The van der Waals surface area contributed by atoms with Crippen LogP contribution in [0.1, 0.15) is 17.5 Å². The second-order valence-corrected chi connectivity index (χ2v) is 6.60. The van der Waals surface area contributed by atoms with Gasteiger partial charge in [-0.2, -0.15) is 0 Å². The molecule has 0 saturated carbocycles. The van der Waals surface area contributed by atoms with Crippen LogP contribution in [0, 0.1) is 0 Å². The SMILES string of the molecule is C=Cc1ccc(CNCCNCCC[SiH2]OC)cc1.COOC. The lowest BCUT2D eigenvalue weighted by Gasteiger charge is -2.07. The van der Waals surface area contributed by atoms with Gasteiger partial charge in [0.15, 0.2) is 9.76 Å². The van der Waals surface area contributed by atoms with Crippen molar-refractivity contribution in [2.45, 2.75) is 19.0 Å². The predicted octanol–water partition coefficient (Wildman–Crippen LogP) is 1.74. The highest BCUT2D eigenvalue weighted by Gasteiger charge is 1.93. The molecule has 1 aromatic rings. The highest BCUT2D eigenvalue weighted by Crippen LogP contribution is 2.04. The van der Waals surface area contributed by atoms with E-state index in [1.807, 2.05) is 13.2 Å². The van der Waals surface area contributed by atoms with Gasteiger partial charge in [0, 0.05) is 26.7 Å². The van der Waals surface area contributed by atoms with Gasteiger partial charge in [0.1, 0.15) is 0 Å². The first-order chi connectivity index (χ1) is 11.3. The zero-order chi connectivity index (χ0) is 17.2. The first-order valence-corrected chi connectivity index (χ1v) is 9.54. The van der Waals surface area contributed by atoms with Gasteiger partial charge in [-0.1, -0.05) is 36.9 Å². The molecule has 23 heavy (non-hydrogen) atoms. The van der Waals surface area contributed by atoms with Crippen LogP contribution in [0.15, 0.2) is 30.8 Å². The van der Waals surface area contributed by atoms with Crippen LogP contribution < -0.4 is 10.6 Å². The summed E-state index contributed by atoms with van der Waals surface area (Å²) in [6.45, 7) is 7.82. The molecule has 0 saturated heterocycles. The fourth-order valence-corrected chi connectivity index (χ4v) is 2.55. The Morgan fingerprint density at radius 2 is 1.65 bits per heavy atom. The van der Waals surface area contributed by atoms with Crippen molar-refractivity contribution in [2.75, 3.05) is 41.0 Å². The lowest BCUT2D eigenvalue weighted by molar-refractivity contribution is -0.248. The van der Waals surface area contributed by atoms with Crippen LogP contribution in [0.2, 0.25) is 6.04 Å². The van der Waals surface area contributed by atoms with E-state index in [9.17, 15) is 0 Å². The molecule has 0 aromatic heterocycles. The Balaban J connectivity index is 0.00000108. The van der Waals surface area contributed by atoms with Gasteiger partial charge >= 0.3 is 0 Å². The molecule has 0 fully saturated rings. The number of hydrogen-bond acceptors (Lipinski definition) is 5. The van der Waals surface area contributed by atoms with E-state index < -0.39 is 0 Å². The molecule has 2 N–H and O–H groups in total. The maximum atomic E-state index is 5.15. The summed E-state index contributed by atoms with van der Waals surface area (Å²) in [6, 6.07) is 9.76. The van der Waals surface area contributed by atoms with E-state index in [4.69, 9.17) is 4.43 Å². The van der Waals surface area contributed by atoms with Gasteiger partial charge in [-0.3, -0.25) is 0 Å². The second-order valence-electron chi connectivity index (χ2n) is 4.91. The summed E-state index contributed by atoms with van der Waals surface area (Å²) in [4.78, 5) is 8.08. The molecule has 0 bridgehead atoms.